The molecule has 0 bridgehead atoms. The summed E-state index contributed by atoms with van der Waals surface area (Å²) in [5.41, 5.74) is -3.20. The van der Waals surface area contributed by atoms with Crippen LogP contribution in [-0.2, 0) is 33.9 Å². The zero-order valence-corrected chi connectivity index (χ0v) is 37.4. The van der Waals surface area contributed by atoms with Crippen molar-refractivity contribution in [3.8, 4) is 11.6 Å². The fourth-order valence-corrected chi connectivity index (χ4v) is 10.0. The second-order valence-electron chi connectivity index (χ2n) is 18.4. The molecule has 4 aliphatic rings. The summed E-state index contributed by atoms with van der Waals surface area (Å²) >= 11 is 0. The number of sulfonamides is 1. The number of carbonyl (C=O) groups excluding carboxylic acids is 4. The van der Waals surface area contributed by atoms with Gasteiger partial charge in [-0.1, -0.05) is 40.0 Å². The third-order valence-corrected chi connectivity index (χ3v) is 15.0. The average Bonchev–Trinajstić information content (AvgIpc) is 4.11. The number of methoxy groups -OCH3 is 2. The number of rotatable bonds is 12. The van der Waals surface area contributed by atoms with Crippen molar-refractivity contribution >= 4 is 44.9 Å². The fraction of sp³-hybridized carbons (Fsp3) is 0.714. The van der Waals surface area contributed by atoms with Crippen LogP contribution >= 0.6 is 0 Å². The molecule has 16 nitrogen and oxygen atoms in total. The molecule has 2 aromatic rings. The molecule has 2 saturated carbocycles. The molecule has 7 atom stereocenters. The van der Waals surface area contributed by atoms with E-state index >= 15 is 4.79 Å². The number of alkyl halides is 4. The summed E-state index contributed by atoms with van der Waals surface area (Å²) in [5, 5.41) is 5.16. The van der Waals surface area contributed by atoms with E-state index in [4.69, 9.17) is 28.9 Å². The molecule has 1 aromatic heterocycles. The molecule has 2 saturated heterocycles. The Morgan fingerprint density at radius 1 is 1.05 bits per heavy atom. The zero-order chi connectivity index (χ0) is 46.3. The number of nitrogens with one attached hydrogen (secondary N) is 3. The molecule has 4 amide bonds. The van der Waals surface area contributed by atoms with Gasteiger partial charge in [0, 0.05) is 31.4 Å². The molecule has 6 rings (SSSR count). The van der Waals surface area contributed by atoms with Gasteiger partial charge < -0.3 is 34.5 Å². The molecule has 0 unspecified atom stereocenters. The summed E-state index contributed by atoms with van der Waals surface area (Å²) in [7, 11) is -1.59. The molecule has 350 valence electrons. The highest BCUT2D eigenvalue weighted by Gasteiger charge is 2.64. The normalized spacial score (nSPS) is 27.9. The zero-order valence-electron chi connectivity index (χ0n) is 36.6. The van der Waals surface area contributed by atoms with Gasteiger partial charge in [-0.2, -0.15) is 13.2 Å². The highest BCUT2D eigenvalue weighted by molar-refractivity contribution is 7.91. The van der Waals surface area contributed by atoms with Gasteiger partial charge >= 0.3 is 12.3 Å². The van der Waals surface area contributed by atoms with Gasteiger partial charge in [0.1, 0.15) is 46.6 Å². The molecule has 21 heteroatoms. The van der Waals surface area contributed by atoms with Gasteiger partial charge in [0.2, 0.25) is 33.3 Å². The van der Waals surface area contributed by atoms with Gasteiger partial charge in [-0.05, 0) is 69.9 Å². The minimum absolute atomic E-state index is 0.0295. The van der Waals surface area contributed by atoms with E-state index in [2.05, 4.69) is 15.4 Å². The predicted octanol–water partition coefficient (Wildman–Crippen LogP) is 5.23. The Kier molecular flexibility index (Phi) is 13.8. The molecule has 2 aliphatic heterocycles. The van der Waals surface area contributed by atoms with E-state index < -0.39 is 92.6 Å². The lowest BCUT2D eigenvalue weighted by Crippen LogP contribution is -2.60. The monoisotopic (exact) mass is 914 g/mol. The highest BCUT2D eigenvalue weighted by Crippen LogP contribution is 2.49. The van der Waals surface area contributed by atoms with E-state index in [0.29, 0.717) is 62.0 Å². The first-order valence-electron chi connectivity index (χ1n) is 21.3. The molecular formula is C42H58F4N6O10S. The number of alkyl carbamates (subject to hydrolysis) is 1. The van der Waals surface area contributed by atoms with Crippen molar-refractivity contribution in [2.24, 2.45) is 17.8 Å². The Balaban J connectivity index is 1.40. The Morgan fingerprint density at radius 2 is 1.75 bits per heavy atom. The topological polar surface area (TPSA) is 204 Å². The molecule has 1 aromatic carbocycles. The Hall–Kier alpha value is -4.53. The Bertz CT molecular complexity index is 2170. The third kappa shape index (κ3) is 10.1. The van der Waals surface area contributed by atoms with Crippen LogP contribution < -0.4 is 24.8 Å². The van der Waals surface area contributed by atoms with Gasteiger partial charge in [0.25, 0.3) is 5.91 Å². The van der Waals surface area contributed by atoms with Crippen molar-refractivity contribution in [2.45, 2.75) is 139 Å². The average molecular weight is 915 g/mol. The summed E-state index contributed by atoms with van der Waals surface area (Å²) in [6, 6.07) is 2.14. The smallest absolute Gasteiger partial charge is 0.427 e. The summed E-state index contributed by atoms with van der Waals surface area (Å²) in [6.45, 7) is 5.43. The van der Waals surface area contributed by atoms with E-state index in [-0.39, 0.29) is 63.0 Å². The van der Waals surface area contributed by atoms with E-state index in [0.717, 1.165) is 4.90 Å². The van der Waals surface area contributed by atoms with Crippen molar-refractivity contribution in [1.29, 1.82) is 0 Å². The molecule has 0 spiro atoms. The Morgan fingerprint density at radius 3 is 2.37 bits per heavy atom. The Labute approximate surface area is 364 Å². The van der Waals surface area contributed by atoms with Crippen molar-refractivity contribution < 1.29 is 64.1 Å². The van der Waals surface area contributed by atoms with E-state index in [9.17, 15) is 40.4 Å². The van der Waals surface area contributed by atoms with Gasteiger partial charge in [0.15, 0.2) is 0 Å². The summed E-state index contributed by atoms with van der Waals surface area (Å²) < 4.78 is 105. The van der Waals surface area contributed by atoms with Crippen LogP contribution in [0.1, 0.15) is 104 Å². The number of benzene rings is 1. The molecule has 4 fully saturated rings. The maximum atomic E-state index is 15.1. The fourth-order valence-electron chi connectivity index (χ4n) is 8.60. The molecule has 0 radical (unpaired) electrons. The number of carbonyl (C=O) groups is 4. The van der Waals surface area contributed by atoms with E-state index in [1.165, 1.54) is 14.2 Å². The largest absolute Gasteiger partial charge is 0.497 e. The van der Waals surface area contributed by atoms with Crippen LogP contribution in [0.3, 0.4) is 0 Å². The number of hydrogen-bond acceptors (Lipinski definition) is 12. The lowest BCUT2D eigenvalue weighted by atomic mass is 9.86. The molecule has 3 N–H and O–H groups in total. The van der Waals surface area contributed by atoms with Gasteiger partial charge in [-0.25, -0.2) is 27.6 Å². The van der Waals surface area contributed by atoms with E-state index in [1.54, 1.807) is 18.2 Å². The van der Waals surface area contributed by atoms with Crippen molar-refractivity contribution in [1.82, 2.24) is 30.2 Å². The number of amides is 4. The van der Waals surface area contributed by atoms with Crippen LogP contribution in [-0.4, -0.2) is 121 Å². The number of nitrogens with zero attached hydrogens (tertiary/aromatic N) is 3. The number of fused-ring (bicyclic) bond motifs is 3. The SMILES string of the molecule is COC[C@@H]1C[C@@H](C)CCCC[C@@H]2C[C@@]2(C(=O)NS(=O)(=O)C2(CF)CC2)NC(=O)[C@@H]2C[C@@H](Oc3nc4cc(OC)ccc4nc3C(C)C)CN2C(=O)[C@H]1NC(=O)OC(C)(C)C(F)(F)F. The number of hydrogen-bond donors (Lipinski definition) is 3. The third-order valence-electron chi connectivity index (χ3n) is 12.9. The lowest BCUT2D eigenvalue weighted by molar-refractivity contribution is -0.244. The van der Waals surface area contributed by atoms with Gasteiger partial charge in [-0.3, -0.25) is 19.1 Å². The second-order valence-corrected chi connectivity index (χ2v) is 20.5. The number of ether oxygens (including phenoxy) is 4. The predicted molar refractivity (Wildman–Crippen MR) is 220 cm³/mol. The van der Waals surface area contributed by atoms with Crippen LogP contribution in [0.2, 0.25) is 0 Å². The van der Waals surface area contributed by atoms with Crippen LogP contribution in [0.4, 0.5) is 22.4 Å². The molecule has 63 heavy (non-hydrogen) atoms. The quantitative estimate of drug-likeness (QED) is 0.234. The first kappa shape index (κ1) is 47.9. The molecule has 3 heterocycles. The van der Waals surface area contributed by atoms with Gasteiger partial charge in [0.05, 0.1) is 31.3 Å². The van der Waals surface area contributed by atoms with Crippen LogP contribution in [0, 0.1) is 17.8 Å². The number of aromatic nitrogens is 2. The van der Waals surface area contributed by atoms with Gasteiger partial charge in [-0.15, -0.1) is 0 Å². The minimum atomic E-state index is -4.96. The van der Waals surface area contributed by atoms with Crippen molar-refractivity contribution in [3.05, 3.63) is 23.9 Å². The standard InChI is InChI=1S/C42H58F4N6O10S/c1-23(2)32-35(48-30-17-27(60-7)12-13-29(30)47-32)61-28-18-31-34(53)50-41(37(55)51-63(57,58)40(22-43)14-15-40)19-26(41)11-9-8-10-24(3)16-25(21-59-6)33(36(54)52(31)20-28)49-38(56)62-39(4,5)42(44,45)46/h12-13,17,23-26,28,31,33H,8-11,14-16,18-22H2,1-7H3,(H,49,56)(H,50,53)(H,51,55)/t24-,25-,26+,28+,31-,33-,41+/m0/s1. The van der Waals surface area contributed by atoms with Crippen LogP contribution in [0.25, 0.3) is 11.0 Å². The van der Waals surface area contributed by atoms with Crippen molar-refractivity contribution in [2.75, 3.05) is 34.0 Å². The maximum Gasteiger partial charge on any atom is 0.427 e. The van der Waals surface area contributed by atoms with Crippen molar-refractivity contribution in [3.63, 3.8) is 0 Å². The summed E-state index contributed by atoms with van der Waals surface area (Å²) in [4.78, 5) is 67.8. The minimum Gasteiger partial charge on any atom is -0.497 e. The highest BCUT2D eigenvalue weighted by atomic mass is 32.2. The second kappa shape index (κ2) is 18.2. The van der Waals surface area contributed by atoms with Crippen LogP contribution in [0.15, 0.2) is 18.2 Å². The first-order valence-corrected chi connectivity index (χ1v) is 22.8. The molecular weight excluding hydrogens is 857 g/mol. The van der Waals surface area contributed by atoms with E-state index in [1.807, 2.05) is 20.8 Å². The number of halogens is 4. The first-order chi connectivity index (χ1) is 29.5. The van der Waals surface area contributed by atoms with Crippen LogP contribution in [0.5, 0.6) is 11.6 Å². The molecule has 2 aliphatic carbocycles. The summed E-state index contributed by atoms with van der Waals surface area (Å²) in [6.07, 6.45) is -4.98. The maximum absolute atomic E-state index is 15.1. The lowest BCUT2D eigenvalue weighted by Gasteiger charge is -2.35. The summed E-state index contributed by atoms with van der Waals surface area (Å²) in [5.74, 6) is -3.73.